The van der Waals surface area contributed by atoms with Crippen LogP contribution in [0.1, 0.15) is 6.92 Å². The first-order chi connectivity index (χ1) is 10.7. The van der Waals surface area contributed by atoms with Gasteiger partial charge in [0.1, 0.15) is 5.82 Å². The largest absolute Gasteiger partial charge is 0.383 e. The topological polar surface area (TPSA) is 94.0 Å². The molecular weight excluding hydrogens is 304 g/mol. The average Bonchev–Trinajstić information content (AvgIpc) is 2.90. The standard InChI is InChI=1S/C13H20N6O2S/c1-9(20)14-4-6-19-12-10(8-16-19)11(15-5-7-21-2)17-13(18-12)22-3/h8H,4-7H2,1-3H3,(H,14,20)(H,15,17,18). The van der Waals surface area contributed by atoms with Crippen LogP contribution in [0.15, 0.2) is 11.4 Å². The van der Waals surface area contributed by atoms with E-state index in [1.54, 1.807) is 18.0 Å². The van der Waals surface area contributed by atoms with Crippen LogP contribution < -0.4 is 10.6 Å². The number of fused-ring (bicyclic) bond motifs is 1. The number of amides is 1. The zero-order chi connectivity index (χ0) is 15.9. The van der Waals surface area contributed by atoms with Crippen LogP contribution in [0.4, 0.5) is 5.82 Å². The van der Waals surface area contributed by atoms with Crippen LogP contribution in [0, 0.1) is 0 Å². The van der Waals surface area contributed by atoms with E-state index in [0.717, 1.165) is 16.9 Å². The molecule has 0 spiro atoms. The quantitative estimate of drug-likeness (QED) is 0.420. The third-order valence-electron chi connectivity index (χ3n) is 2.95. The van der Waals surface area contributed by atoms with Crippen molar-refractivity contribution in [3.63, 3.8) is 0 Å². The lowest BCUT2D eigenvalue weighted by molar-refractivity contribution is -0.118. The first-order valence-corrected chi connectivity index (χ1v) is 8.13. The van der Waals surface area contributed by atoms with Crippen molar-refractivity contribution < 1.29 is 9.53 Å². The van der Waals surface area contributed by atoms with E-state index in [9.17, 15) is 4.79 Å². The molecule has 0 aromatic carbocycles. The summed E-state index contributed by atoms with van der Waals surface area (Å²) in [6.45, 7) is 3.82. The van der Waals surface area contributed by atoms with Crippen molar-refractivity contribution >= 4 is 34.5 Å². The summed E-state index contributed by atoms with van der Waals surface area (Å²) in [5.74, 6) is 0.690. The van der Waals surface area contributed by atoms with Gasteiger partial charge >= 0.3 is 0 Å². The molecule has 0 aliphatic heterocycles. The van der Waals surface area contributed by atoms with Crippen molar-refractivity contribution in [2.24, 2.45) is 0 Å². The summed E-state index contributed by atoms with van der Waals surface area (Å²) in [6, 6.07) is 0. The summed E-state index contributed by atoms with van der Waals surface area (Å²) >= 11 is 1.47. The maximum atomic E-state index is 10.9. The Kier molecular flexibility index (Phi) is 5.96. The predicted molar refractivity (Wildman–Crippen MR) is 86.2 cm³/mol. The molecule has 0 fully saturated rings. The molecule has 0 aliphatic rings. The molecule has 0 aliphatic carbocycles. The lowest BCUT2D eigenvalue weighted by Crippen LogP contribution is -2.24. The highest BCUT2D eigenvalue weighted by Crippen LogP contribution is 2.23. The van der Waals surface area contributed by atoms with Gasteiger partial charge in [-0.3, -0.25) is 4.79 Å². The molecule has 1 amide bonds. The molecule has 8 nitrogen and oxygen atoms in total. The number of rotatable bonds is 8. The Morgan fingerprint density at radius 2 is 2.23 bits per heavy atom. The van der Waals surface area contributed by atoms with Crippen LogP contribution in [-0.4, -0.2) is 58.7 Å². The molecule has 0 saturated carbocycles. The Labute approximate surface area is 133 Å². The fraction of sp³-hybridized carbons (Fsp3) is 0.538. The first kappa shape index (κ1) is 16.5. The van der Waals surface area contributed by atoms with Crippen LogP contribution in [0.5, 0.6) is 0 Å². The summed E-state index contributed by atoms with van der Waals surface area (Å²) in [7, 11) is 1.66. The molecule has 120 valence electrons. The molecule has 2 rings (SSSR count). The summed E-state index contributed by atoms with van der Waals surface area (Å²) in [5, 5.41) is 11.9. The second-order valence-electron chi connectivity index (χ2n) is 4.57. The van der Waals surface area contributed by atoms with Crippen molar-refractivity contribution in [3.05, 3.63) is 6.20 Å². The number of methoxy groups -OCH3 is 1. The van der Waals surface area contributed by atoms with Crippen molar-refractivity contribution in [2.75, 3.05) is 38.4 Å². The predicted octanol–water partition coefficient (Wildman–Crippen LogP) is 0.743. The Morgan fingerprint density at radius 3 is 2.91 bits per heavy atom. The Hall–Kier alpha value is -1.87. The van der Waals surface area contributed by atoms with E-state index < -0.39 is 0 Å². The van der Waals surface area contributed by atoms with E-state index in [2.05, 4.69) is 25.7 Å². The lowest BCUT2D eigenvalue weighted by atomic mass is 10.4. The minimum absolute atomic E-state index is 0.0576. The molecular formula is C13H20N6O2S. The third kappa shape index (κ3) is 4.08. The summed E-state index contributed by atoms with van der Waals surface area (Å²) in [5.41, 5.74) is 0.754. The van der Waals surface area contributed by atoms with Gasteiger partial charge in [0.25, 0.3) is 0 Å². The van der Waals surface area contributed by atoms with Crippen LogP contribution >= 0.6 is 11.8 Å². The zero-order valence-electron chi connectivity index (χ0n) is 12.9. The van der Waals surface area contributed by atoms with Gasteiger partial charge in [-0.2, -0.15) is 5.10 Å². The molecule has 0 radical (unpaired) electrons. The third-order valence-corrected chi connectivity index (χ3v) is 3.50. The number of hydrogen-bond donors (Lipinski definition) is 2. The molecule has 22 heavy (non-hydrogen) atoms. The van der Waals surface area contributed by atoms with Crippen LogP contribution in [0.2, 0.25) is 0 Å². The number of aromatic nitrogens is 4. The molecule has 0 bridgehead atoms. The van der Waals surface area contributed by atoms with Crippen molar-refractivity contribution in [3.8, 4) is 0 Å². The van der Waals surface area contributed by atoms with Gasteiger partial charge in [-0.15, -0.1) is 0 Å². The highest BCUT2D eigenvalue weighted by Gasteiger charge is 2.12. The second kappa shape index (κ2) is 7.95. The monoisotopic (exact) mass is 324 g/mol. The van der Waals surface area contributed by atoms with Gasteiger partial charge < -0.3 is 15.4 Å². The highest BCUT2D eigenvalue weighted by atomic mass is 32.2. The van der Waals surface area contributed by atoms with Crippen LogP contribution in [-0.2, 0) is 16.1 Å². The normalized spacial score (nSPS) is 10.9. The maximum Gasteiger partial charge on any atom is 0.216 e. The Bertz CT molecular complexity index is 645. The van der Waals surface area contributed by atoms with Crippen LogP contribution in [0.25, 0.3) is 11.0 Å². The molecule has 2 aromatic rings. The summed E-state index contributed by atoms with van der Waals surface area (Å²) in [4.78, 5) is 19.9. The summed E-state index contributed by atoms with van der Waals surface area (Å²) in [6.07, 6.45) is 3.67. The fourth-order valence-corrected chi connectivity index (χ4v) is 2.29. The van der Waals surface area contributed by atoms with E-state index in [-0.39, 0.29) is 5.91 Å². The summed E-state index contributed by atoms with van der Waals surface area (Å²) < 4.78 is 6.81. The van der Waals surface area contributed by atoms with E-state index in [0.29, 0.717) is 31.4 Å². The van der Waals surface area contributed by atoms with Gasteiger partial charge in [0.2, 0.25) is 5.91 Å². The number of nitrogens with zero attached hydrogens (tertiary/aromatic N) is 4. The van der Waals surface area contributed by atoms with Gasteiger partial charge in [-0.05, 0) is 6.26 Å². The Balaban J connectivity index is 2.24. The zero-order valence-corrected chi connectivity index (χ0v) is 13.7. The molecule has 0 unspecified atom stereocenters. The maximum absolute atomic E-state index is 10.9. The number of thioether (sulfide) groups is 1. The SMILES string of the molecule is COCCNc1nc(SC)nc2c1cnn2CCNC(C)=O. The van der Waals surface area contributed by atoms with Gasteiger partial charge in [0.15, 0.2) is 10.8 Å². The van der Waals surface area contributed by atoms with Crippen molar-refractivity contribution in [2.45, 2.75) is 18.6 Å². The number of carbonyl (C=O) groups excluding carboxylic acids is 1. The molecule has 9 heteroatoms. The van der Waals surface area contributed by atoms with E-state index in [1.165, 1.54) is 18.7 Å². The lowest BCUT2D eigenvalue weighted by Gasteiger charge is -2.08. The molecule has 2 heterocycles. The number of hydrogen-bond acceptors (Lipinski definition) is 7. The number of ether oxygens (including phenoxy) is 1. The van der Waals surface area contributed by atoms with E-state index in [1.807, 2.05) is 6.26 Å². The molecule has 2 aromatic heterocycles. The second-order valence-corrected chi connectivity index (χ2v) is 5.34. The first-order valence-electron chi connectivity index (χ1n) is 6.90. The number of nitrogens with one attached hydrogen (secondary N) is 2. The molecule has 2 N–H and O–H groups in total. The van der Waals surface area contributed by atoms with Gasteiger partial charge in [-0.1, -0.05) is 11.8 Å². The van der Waals surface area contributed by atoms with E-state index >= 15 is 0 Å². The number of anilines is 1. The molecule has 0 atom stereocenters. The van der Waals surface area contributed by atoms with E-state index in [4.69, 9.17) is 4.74 Å². The van der Waals surface area contributed by atoms with Crippen molar-refractivity contribution in [1.82, 2.24) is 25.1 Å². The van der Waals surface area contributed by atoms with Gasteiger partial charge in [0, 0.05) is 27.1 Å². The van der Waals surface area contributed by atoms with Crippen LogP contribution in [0.3, 0.4) is 0 Å². The highest BCUT2D eigenvalue weighted by molar-refractivity contribution is 7.98. The van der Waals surface area contributed by atoms with Crippen molar-refractivity contribution in [1.29, 1.82) is 0 Å². The fourth-order valence-electron chi connectivity index (χ4n) is 1.93. The van der Waals surface area contributed by atoms with Gasteiger partial charge in [0.05, 0.1) is 24.7 Å². The smallest absolute Gasteiger partial charge is 0.216 e. The number of carbonyl (C=O) groups is 1. The molecule has 0 saturated heterocycles. The minimum atomic E-state index is -0.0576. The van der Waals surface area contributed by atoms with Gasteiger partial charge in [-0.25, -0.2) is 14.6 Å². The Morgan fingerprint density at radius 1 is 1.41 bits per heavy atom. The average molecular weight is 324 g/mol. The minimum Gasteiger partial charge on any atom is -0.383 e.